The first-order valence-corrected chi connectivity index (χ1v) is 9.92. The van der Waals surface area contributed by atoms with Crippen molar-refractivity contribution >= 4 is 11.6 Å². The minimum atomic E-state index is 0.162. The Hall–Kier alpha value is -1.79. The van der Waals surface area contributed by atoms with Crippen LogP contribution in [0.25, 0.3) is 0 Å². The highest BCUT2D eigenvalue weighted by molar-refractivity contribution is 5.80. The Morgan fingerprint density at radius 2 is 2.04 bits per heavy atom. The summed E-state index contributed by atoms with van der Waals surface area (Å²) in [6, 6.07) is 10.3. The highest BCUT2D eigenvalue weighted by atomic mass is 16.5. The average molecular weight is 361 g/mol. The second-order valence-electron chi connectivity index (χ2n) is 6.79. The Bertz CT molecular complexity index is 546. The van der Waals surface area contributed by atoms with Gasteiger partial charge in [0.15, 0.2) is 5.96 Å². The van der Waals surface area contributed by atoms with E-state index < -0.39 is 0 Å². The fraction of sp³-hybridized carbons (Fsp3) is 0.650. The van der Waals surface area contributed by atoms with Crippen molar-refractivity contribution in [3.63, 3.8) is 0 Å². The summed E-state index contributed by atoms with van der Waals surface area (Å²) in [5, 5.41) is 6.87. The van der Waals surface area contributed by atoms with Crippen LogP contribution in [0.4, 0.5) is 5.69 Å². The summed E-state index contributed by atoms with van der Waals surface area (Å²) in [4.78, 5) is 7.15. The van der Waals surface area contributed by atoms with Crippen LogP contribution in [-0.2, 0) is 9.47 Å². The molecule has 26 heavy (non-hydrogen) atoms. The highest BCUT2D eigenvalue weighted by Crippen LogP contribution is 2.21. The molecule has 3 rings (SSSR count). The molecule has 1 aromatic carbocycles. The zero-order chi connectivity index (χ0) is 18.0. The van der Waals surface area contributed by atoms with Gasteiger partial charge in [-0.2, -0.15) is 0 Å². The normalized spacial score (nSPS) is 23.9. The first kappa shape index (κ1) is 19.0. The number of hydrogen-bond acceptors (Lipinski definition) is 4. The summed E-state index contributed by atoms with van der Waals surface area (Å²) in [5.74, 6) is 0.999. The number of ether oxygens (including phenoxy) is 2. The Morgan fingerprint density at radius 1 is 1.19 bits per heavy atom. The molecule has 6 heteroatoms. The van der Waals surface area contributed by atoms with Gasteiger partial charge in [-0.05, 0) is 38.3 Å². The van der Waals surface area contributed by atoms with Gasteiger partial charge in [0.2, 0.25) is 0 Å². The van der Waals surface area contributed by atoms with E-state index in [1.54, 1.807) is 0 Å². The van der Waals surface area contributed by atoms with Gasteiger partial charge in [-0.25, -0.2) is 0 Å². The molecule has 2 heterocycles. The maximum atomic E-state index is 5.95. The van der Waals surface area contributed by atoms with Gasteiger partial charge in [0.05, 0.1) is 12.7 Å². The van der Waals surface area contributed by atoms with Gasteiger partial charge < -0.3 is 25.0 Å². The molecule has 0 aromatic heterocycles. The minimum absolute atomic E-state index is 0.162. The van der Waals surface area contributed by atoms with Gasteiger partial charge in [-0.1, -0.05) is 18.2 Å². The van der Waals surface area contributed by atoms with Crippen LogP contribution < -0.4 is 10.6 Å². The molecule has 0 amide bonds. The summed E-state index contributed by atoms with van der Waals surface area (Å²) < 4.78 is 11.8. The summed E-state index contributed by atoms with van der Waals surface area (Å²) in [6.07, 6.45) is 3.67. The second-order valence-corrected chi connectivity index (χ2v) is 6.79. The lowest BCUT2D eigenvalue weighted by Gasteiger charge is -2.37. The van der Waals surface area contributed by atoms with E-state index in [2.05, 4.69) is 34.6 Å². The van der Waals surface area contributed by atoms with E-state index in [0.29, 0.717) is 0 Å². The van der Waals surface area contributed by atoms with Crippen molar-refractivity contribution in [3.05, 3.63) is 30.3 Å². The fourth-order valence-electron chi connectivity index (χ4n) is 3.47. The molecule has 2 saturated heterocycles. The van der Waals surface area contributed by atoms with Gasteiger partial charge in [-0.15, -0.1) is 0 Å². The number of hydrogen-bond donors (Lipinski definition) is 2. The maximum absolute atomic E-state index is 5.95. The zero-order valence-electron chi connectivity index (χ0n) is 15.8. The van der Waals surface area contributed by atoms with Gasteiger partial charge in [0.25, 0.3) is 0 Å². The molecule has 2 N–H and O–H groups in total. The fourth-order valence-corrected chi connectivity index (χ4v) is 3.47. The van der Waals surface area contributed by atoms with Crippen molar-refractivity contribution in [1.29, 1.82) is 0 Å². The summed E-state index contributed by atoms with van der Waals surface area (Å²) in [5.41, 5.74) is 1.16. The zero-order valence-corrected chi connectivity index (χ0v) is 15.8. The Balaban J connectivity index is 1.46. The molecule has 0 spiro atoms. The number of morpholine rings is 1. The summed E-state index contributed by atoms with van der Waals surface area (Å²) >= 11 is 0. The van der Waals surface area contributed by atoms with Crippen LogP contribution >= 0.6 is 0 Å². The van der Waals surface area contributed by atoms with Gasteiger partial charge in [0.1, 0.15) is 6.10 Å². The van der Waals surface area contributed by atoms with Crippen LogP contribution in [0.1, 0.15) is 26.2 Å². The van der Waals surface area contributed by atoms with Crippen molar-refractivity contribution in [3.8, 4) is 0 Å². The van der Waals surface area contributed by atoms with Crippen LogP contribution in [-0.4, -0.2) is 69.0 Å². The number of guanidine groups is 1. The number of para-hydroxylation sites is 1. The lowest BCUT2D eigenvalue weighted by atomic mass is 10.1. The minimum Gasteiger partial charge on any atom is -0.385 e. The van der Waals surface area contributed by atoms with E-state index in [-0.39, 0.29) is 12.2 Å². The number of nitrogens with one attached hydrogen (secondary N) is 2. The van der Waals surface area contributed by atoms with Crippen LogP contribution in [0.2, 0.25) is 0 Å². The first-order chi connectivity index (χ1) is 12.9. The number of nitrogens with zero attached hydrogens (tertiary/aromatic N) is 2. The molecule has 6 nitrogen and oxygen atoms in total. The number of rotatable bonds is 7. The average Bonchev–Trinajstić information content (AvgIpc) is 3.23. The van der Waals surface area contributed by atoms with Crippen molar-refractivity contribution in [2.24, 2.45) is 4.99 Å². The van der Waals surface area contributed by atoms with E-state index in [4.69, 9.17) is 14.5 Å². The molecule has 2 atom stereocenters. The van der Waals surface area contributed by atoms with Crippen molar-refractivity contribution in [1.82, 2.24) is 10.2 Å². The molecule has 0 aliphatic carbocycles. The van der Waals surface area contributed by atoms with E-state index >= 15 is 0 Å². The Kier molecular flexibility index (Phi) is 7.58. The molecule has 2 fully saturated rings. The SMILES string of the molecule is CCNC(=NCCCNc1ccccc1)N1CCOC(C2CCCO2)C1. The van der Waals surface area contributed by atoms with Crippen molar-refractivity contribution in [2.45, 2.75) is 38.4 Å². The molecule has 2 unspecified atom stereocenters. The molecular weight excluding hydrogens is 328 g/mol. The standard InChI is InChI=1S/C20H32N4O2/c1-2-21-20(23-12-7-11-22-17-8-4-3-5-9-17)24-13-15-26-19(16-24)18-10-6-14-25-18/h3-5,8-9,18-19,22H,2,6-7,10-16H2,1H3,(H,21,23). The number of aliphatic imine (C=N–C) groups is 1. The molecule has 0 radical (unpaired) electrons. The summed E-state index contributed by atoms with van der Waals surface area (Å²) in [6.45, 7) is 8.08. The van der Waals surface area contributed by atoms with Crippen LogP contribution in [0.15, 0.2) is 35.3 Å². The Labute approximate surface area is 157 Å². The van der Waals surface area contributed by atoms with Gasteiger partial charge in [-0.3, -0.25) is 4.99 Å². The van der Waals surface area contributed by atoms with Gasteiger partial charge >= 0.3 is 0 Å². The summed E-state index contributed by atoms with van der Waals surface area (Å²) in [7, 11) is 0. The molecule has 0 bridgehead atoms. The maximum Gasteiger partial charge on any atom is 0.194 e. The molecule has 144 valence electrons. The van der Waals surface area contributed by atoms with Crippen molar-refractivity contribution < 1.29 is 9.47 Å². The monoisotopic (exact) mass is 360 g/mol. The van der Waals surface area contributed by atoms with E-state index in [0.717, 1.165) is 76.8 Å². The third kappa shape index (κ3) is 5.61. The lowest BCUT2D eigenvalue weighted by molar-refractivity contribution is -0.0817. The predicted molar refractivity (Wildman–Crippen MR) is 106 cm³/mol. The van der Waals surface area contributed by atoms with E-state index in [1.807, 2.05) is 18.2 Å². The Morgan fingerprint density at radius 3 is 2.81 bits per heavy atom. The molecule has 2 aliphatic rings. The molecular formula is C20H32N4O2. The highest BCUT2D eigenvalue weighted by Gasteiger charge is 2.32. The van der Waals surface area contributed by atoms with Crippen LogP contribution in [0, 0.1) is 0 Å². The second kappa shape index (κ2) is 10.4. The molecule has 2 aliphatic heterocycles. The van der Waals surface area contributed by atoms with Crippen LogP contribution in [0.5, 0.6) is 0 Å². The number of anilines is 1. The van der Waals surface area contributed by atoms with E-state index in [1.165, 1.54) is 0 Å². The van der Waals surface area contributed by atoms with Crippen molar-refractivity contribution in [2.75, 3.05) is 51.3 Å². The first-order valence-electron chi connectivity index (χ1n) is 9.92. The predicted octanol–water partition coefficient (Wildman–Crippen LogP) is 2.33. The smallest absolute Gasteiger partial charge is 0.194 e. The molecule has 0 saturated carbocycles. The van der Waals surface area contributed by atoms with Crippen LogP contribution in [0.3, 0.4) is 0 Å². The largest absolute Gasteiger partial charge is 0.385 e. The molecule has 1 aromatic rings. The van der Waals surface area contributed by atoms with Gasteiger partial charge in [0, 0.05) is 45.0 Å². The third-order valence-electron chi connectivity index (χ3n) is 4.81. The van der Waals surface area contributed by atoms with E-state index in [9.17, 15) is 0 Å². The quantitative estimate of drug-likeness (QED) is 0.444. The lowest BCUT2D eigenvalue weighted by Crippen LogP contribution is -2.53. The topological polar surface area (TPSA) is 58.1 Å². The third-order valence-corrected chi connectivity index (χ3v) is 4.81. The number of benzene rings is 1.